The largest absolute Gasteiger partial charge is 0.336 e. The van der Waals surface area contributed by atoms with Gasteiger partial charge in [-0.25, -0.2) is 0 Å². The van der Waals surface area contributed by atoms with E-state index in [1.807, 2.05) is 12.1 Å². The quantitative estimate of drug-likeness (QED) is 0.904. The molecule has 0 spiro atoms. The molecule has 1 N–H and O–H groups in total. The van der Waals surface area contributed by atoms with Gasteiger partial charge >= 0.3 is 0 Å². The van der Waals surface area contributed by atoms with Crippen LogP contribution in [0.15, 0.2) is 24.3 Å². The third-order valence-electron chi connectivity index (χ3n) is 6.62. The minimum absolute atomic E-state index is 0.210. The zero-order valence-corrected chi connectivity index (χ0v) is 16.0. The normalized spacial score (nSPS) is 26.0. The van der Waals surface area contributed by atoms with Gasteiger partial charge in [0.2, 0.25) is 0 Å². The Morgan fingerprint density at radius 3 is 2.27 bits per heavy atom. The molecule has 1 aliphatic carbocycles. The highest BCUT2D eigenvalue weighted by molar-refractivity contribution is 5.94. The molecule has 142 valence electrons. The van der Waals surface area contributed by atoms with Crippen LogP contribution >= 0.6 is 0 Å². The van der Waals surface area contributed by atoms with E-state index < -0.39 is 0 Å². The molecule has 4 heteroatoms. The van der Waals surface area contributed by atoms with Crippen LogP contribution in [-0.2, 0) is 0 Å². The van der Waals surface area contributed by atoms with Crippen molar-refractivity contribution in [1.82, 2.24) is 15.1 Å². The first kappa shape index (κ1) is 18.0. The van der Waals surface area contributed by atoms with Gasteiger partial charge in [-0.05, 0) is 55.8 Å². The average molecular weight is 356 g/mol. The first-order chi connectivity index (χ1) is 12.8. The van der Waals surface area contributed by atoms with Crippen LogP contribution in [0.4, 0.5) is 0 Å². The van der Waals surface area contributed by atoms with Gasteiger partial charge in [0.1, 0.15) is 0 Å². The van der Waals surface area contributed by atoms with E-state index in [0.717, 1.165) is 50.9 Å². The summed E-state index contributed by atoms with van der Waals surface area (Å²) in [6.45, 7) is 6.05. The number of nitrogens with one attached hydrogen (secondary N) is 1. The van der Waals surface area contributed by atoms with Crippen molar-refractivity contribution in [2.75, 3.05) is 39.3 Å². The minimum atomic E-state index is 0.210. The molecular formula is C22H33N3O. The lowest BCUT2D eigenvalue weighted by Gasteiger charge is -2.40. The smallest absolute Gasteiger partial charge is 0.253 e. The molecule has 2 saturated heterocycles. The second kappa shape index (κ2) is 8.53. The summed E-state index contributed by atoms with van der Waals surface area (Å²) in [5.74, 6) is 0.813. The van der Waals surface area contributed by atoms with Crippen LogP contribution < -0.4 is 5.32 Å². The van der Waals surface area contributed by atoms with E-state index in [-0.39, 0.29) is 5.91 Å². The summed E-state index contributed by atoms with van der Waals surface area (Å²) in [6, 6.07) is 9.19. The van der Waals surface area contributed by atoms with Crippen LogP contribution in [0.1, 0.15) is 66.8 Å². The van der Waals surface area contributed by atoms with Crippen molar-refractivity contribution in [3.8, 4) is 0 Å². The predicted molar refractivity (Wildman–Crippen MR) is 106 cm³/mol. The third-order valence-corrected chi connectivity index (χ3v) is 6.62. The number of benzene rings is 1. The van der Waals surface area contributed by atoms with Crippen LogP contribution in [0.3, 0.4) is 0 Å². The molecule has 1 amide bonds. The Labute approximate surface area is 157 Å². The van der Waals surface area contributed by atoms with Crippen LogP contribution in [-0.4, -0.2) is 61.0 Å². The van der Waals surface area contributed by atoms with Crippen molar-refractivity contribution in [3.05, 3.63) is 35.4 Å². The van der Waals surface area contributed by atoms with Gasteiger partial charge in [0.25, 0.3) is 5.91 Å². The van der Waals surface area contributed by atoms with Crippen LogP contribution in [0.25, 0.3) is 0 Å². The van der Waals surface area contributed by atoms with Crippen LogP contribution in [0.5, 0.6) is 0 Å². The zero-order chi connectivity index (χ0) is 17.8. The fourth-order valence-electron chi connectivity index (χ4n) is 4.95. The Balaban J connectivity index is 1.31. The predicted octanol–water partition coefficient (Wildman–Crippen LogP) is 3.24. The zero-order valence-electron chi connectivity index (χ0n) is 16.0. The van der Waals surface area contributed by atoms with Crippen LogP contribution in [0, 0.1) is 0 Å². The molecule has 2 heterocycles. The van der Waals surface area contributed by atoms with Crippen molar-refractivity contribution in [3.63, 3.8) is 0 Å². The molecule has 1 aromatic carbocycles. The highest BCUT2D eigenvalue weighted by Gasteiger charge is 2.27. The molecule has 1 atom stereocenters. The molecule has 0 bridgehead atoms. The Morgan fingerprint density at radius 2 is 1.62 bits per heavy atom. The number of rotatable bonds is 3. The number of nitrogens with zero attached hydrogens (tertiary/aromatic N) is 2. The monoisotopic (exact) mass is 355 g/mol. The Kier molecular flexibility index (Phi) is 5.91. The van der Waals surface area contributed by atoms with E-state index in [1.165, 1.54) is 50.5 Å². The fourth-order valence-corrected chi connectivity index (χ4v) is 4.95. The molecule has 4 rings (SSSR count). The highest BCUT2D eigenvalue weighted by atomic mass is 16.2. The van der Waals surface area contributed by atoms with E-state index in [0.29, 0.717) is 5.92 Å². The Hall–Kier alpha value is -1.39. The topological polar surface area (TPSA) is 35.6 Å². The van der Waals surface area contributed by atoms with Gasteiger partial charge in [-0.3, -0.25) is 9.69 Å². The molecule has 0 radical (unpaired) electrons. The lowest BCUT2D eigenvalue weighted by atomic mass is 9.91. The van der Waals surface area contributed by atoms with Crippen molar-refractivity contribution < 1.29 is 4.79 Å². The maximum Gasteiger partial charge on any atom is 0.253 e. The van der Waals surface area contributed by atoms with Gasteiger partial charge < -0.3 is 10.2 Å². The third kappa shape index (κ3) is 4.12. The summed E-state index contributed by atoms with van der Waals surface area (Å²) in [4.78, 5) is 17.5. The van der Waals surface area contributed by atoms with E-state index >= 15 is 0 Å². The lowest BCUT2D eigenvalue weighted by Crippen LogP contribution is -2.52. The van der Waals surface area contributed by atoms with E-state index in [1.54, 1.807) is 0 Å². The van der Waals surface area contributed by atoms with Crippen molar-refractivity contribution >= 4 is 5.91 Å². The molecule has 3 aliphatic rings. The van der Waals surface area contributed by atoms with Gasteiger partial charge in [-0.1, -0.05) is 31.4 Å². The summed E-state index contributed by atoms with van der Waals surface area (Å²) in [5.41, 5.74) is 2.22. The SMILES string of the molecule is O=C(c1ccc(C2CCCNC2)cc1)N1CCN(C2CCCCC2)CC1. The number of piperazine rings is 1. The van der Waals surface area contributed by atoms with Gasteiger partial charge in [-0.15, -0.1) is 0 Å². The number of carbonyl (C=O) groups is 1. The van der Waals surface area contributed by atoms with Crippen LogP contribution in [0.2, 0.25) is 0 Å². The van der Waals surface area contributed by atoms with Gasteiger partial charge in [0, 0.05) is 44.3 Å². The highest BCUT2D eigenvalue weighted by Crippen LogP contribution is 2.25. The molecule has 1 unspecified atom stereocenters. The molecule has 3 fully saturated rings. The Bertz CT molecular complexity index is 580. The number of amides is 1. The van der Waals surface area contributed by atoms with Crippen molar-refractivity contribution in [2.45, 2.75) is 56.9 Å². The fraction of sp³-hybridized carbons (Fsp3) is 0.682. The summed E-state index contributed by atoms with van der Waals surface area (Å²) in [7, 11) is 0. The maximum atomic E-state index is 12.9. The van der Waals surface area contributed by atoms with Crippen molar-refractivity contribution in [2.24, 2.45) is 0 Å². The number of carbonyl (C=O) groups excluding carboxylic acids is 1. The number of piperidine rings is 1. The first-order valence-corrected chi connectivity index (χ1v) is 10.7. The Morgan fingerprint density at radius 1 is 0.885 bits per heavy atom. The molecular weight excluding hydrogens is 322 g/mol. The molecule has 2 aliphatic heterocycles. The minimum Gasteiger partial charge on any atom is -0.336 e. The van der Waals surface area contributed by atoms with Crippen molar-refractivity contribution in [1.29, 1.82) is 0 Å². The number of hydrogen-bond donors (Lipinski definition) is 1. The average Bonchev–Trinajstić information content (AvgIpc) is 2.75. The summed E-state index contributed by atoms with van der Waals surface area (Å²) >= 11 is 0. The number of hydrogen-bond acceptors (Lipinski definition) is 3. The second-order valence-corrected chi connectivity index (χ2v) is 8.29. The maximum absolute atomic E-state index is 12.9. The lowest BCUT2D eigenvalue weighted by molar-refractivity contribution is 0.0523. The summed E-state index contributed by atoms with van der Waals surface area (Å²) in [5, 5.41) is 3.47. The second-order valence-electron chi connectivity index (χ2n) is 8.29. The molecule has 0 aromatic heterocycles. The summed E-state index contributed by atoms with van der Waals surface area (Å²) in [6.07, 6.45) is 9.37. The molecule has 1 aromatic rings. The molecule has 4 nitrogen and oxygen atoms in total. The van der Waals surface area contributed by atoms with Gasteiger partial charge in [0.05, 0.1) is 0 Å². The van der Waals surface area contributed by atoms with Gasteiger partial charge in [-0.2, -0.15) is 0 Å². The van der Waals surface area contributed by atoms with E-state index in [9.17, 15) is 4.79 Å². The van der Waals surface area contributed by atoms with Gasteiger partial charge in [0.15, 0.2) is 0 Å². The molecule has 1 saturated carbocycles. The summed E-state index contributed by atoms with van der Waals surface area (Å²) < 4.78 is 0. The first-order valence-electron chi connectivity index (χ1n) is 10.7. The van der Waals surface area contributed by atoms with E-state index in [4.69, 9.17) is 0 Å². The van der Waals surface area contributed by atoms with E-state index in [2.05, 4.69) is 27.2 Å². The standard InChI is InChI=1S/C22H33N3O/c26-22(19-10-8-18(9-11-19)20-5-4-12-23-17-20)25-15-13-24(14-16-25)21-6-2-1-3-7-21/h8-11,20-21,23H,1-7,12-17H2. The molecule has 26 heavy (non-hydrogen) atoms.